The molecule has 0 aliphatic carbocycles. The monoisotopic (exact) mass is 437 g/mol. The molecule has 2 aromatic rings. The number of amides is 2. The molecule has 3 aliphatic heterocycles. The van der Waals surface area contributed by atoms with Crippen molar-refractivity contribution in [2.75, 3.05) is 63.6 Å². The maximum absolute atomic E-state index is 12.7. The molecule has 3 N–H and O–H groups in total. The van der Waals surface area contributed by atoms with Crippen LogP contribution in [0, 0.1) is 0 Å². The number of hydrogen-bond donors (Lipinski definition) is 2. The zero-order valence-electron chi connectivity index (χ0n) is 18.6. The van der Waals surface area contributed by atoms with Gasteiger partial charge in [0.15, 0.2) is 0 Å². The van der Waals surface area contributed by atoms with Crippen LogP contribution in [0.4, 0.5) is 16.6 Å². The van der Waals surface area contributed by atoms with Gasteiger partial charge in [-0.15, -0.1) is 0 Å². The molecule has 4 heterocycles. The summed E-state index contributed by atoms with van der Waals surface area (Å²) in [6.07, 6.45) is 1.73. The maximum atomic E-state index is 12.7. The second-order valence-corrected chi connectivity index (χ2v) is 8.92. The lowest BCUT2D eigenvalue weighted by Crippen LogP contribution is -2.46. The molecule has 0 saturated carbocycles. The van der Waals surface area contributed by atoms with Gasteiger partial charge in [0.05, 0.1) is 18.3 Å². The van der Waals surface area contributed by atoms with Crippen molar-refractivity contribution in [3.05, 3.63) is 35.4 Å². The summed E-state index contributed by atoms with van der Waals surface area (Å²) in [6.45, 7) is 6.49. The summed E-state index contributed by atoms with van der Waals surface area (Å²) in [7, 11) is 2.13. The van der Waals surface area contributed by atoms with E-state index < -0.39 is 0 Å². The summed E-state index contributed by atoms with van der Waals surface area (Å²) in [4.78, 5) is 28.2. The number of aromatic nitrogens is 2. The minimum atomic E-state index is -0.0137. The van der Waals surface area contributed by atoms with Gasteiger partial charge in [0.25, 0.3) is 0 Å². The Bertz CT molecular complexity index is 984. The lowest BCUT2D eigenvalue weighted by atomic mass is 9.96. The first kappa shape index (κ1) is 21.0. The van der Waals surface area contributed by atoms with E-state index in [1.165, 1.54) is 5.56 Å². The van der Waals surface area contributed by atoms with Gasteiger partial charge in [0.1, 0.15) is 5.82 Å². The van der Waals surface area contributed by atoms with Gasteiger partial charge in [0.2, 0.25) is 5.95 Å². The quantitative estimate of drug-likeness (QED) is 0.747. The number of nitrogens with zero attached hydrogens (tertiary/aromatic N) is 5. The van der Waals surface area contributed by atoms with Crippen molar-refractivity contribution in [2.24, 2.45) is 0 Å². The standard InChI is InChI=1S/C23H31N7O2/c1-28-7-9-29(10-8-28)21-13-20(26-22(24)27-21)17-3-2-16-4-6-30(14-18(16)12-17)23(31)25-19-5-11-32-15-19/h2-3,12-13,19H,4-11,14-15H2,1H3,(H,25,31)(H2,24,26,27). The van der Waals surface area contributed by atoms with Gasteiger partial charge in [-0.25, -0.2) is 9.78 Å². The summed E-state index contributed by atoms with van der Waals surface area (Å²) < 4.78 is 5.37. The summed E-state index contributed by atoms with van der Waals surface area (Å²) in [6, 6.07) is 8.52. The van der Waals surface area contributed by atoms with Crippen LogP contribution in [0.3, 0.4) is 0 Å². The Morgan fingerprint density at radius 2 is 1.97 bits per heavy atom. The third-order valence-electron chi connectivity index (χ3n) is 6.62. The van der Waals surface area contributed by atoms with Crippen LogP contribution < -0.4 is 16.0 Å². The number of fused-ring (bicyclic) bond motifs is 1. The molecule has 0 spiro atoms. The Morgan fingerprint density at radius 3 is 2.75 bits per heavy atom. The van der Waals surface area contributed by atoms with Gasteiger partial charge in [-0.3, -0.25) is 0 Å². The number of rotatable bonds is 3. The van der Waals surface area contributed by atoms with Gasteiger partial charge in [-0.2, -0.15) is 4.98 Å². The molecule has 1 aromatic heterocycles. The summed E-state index contributed by atoms with van der Waals surface area (Å²) in [5.74, 6) is 1.16. The number of likely N-dealkylation sites (N-methyl/N-ethyl adjacent to an activating group) is 1. The molecule has 3 aliphatic rings. The van der Waals surface area contributed by atoms with Crippen LogP contribution in [-0.4, -0.2) is 84.8 Å². The van der Waals surface area contributed by atoms with E-state index in [-0.39, 0.29) is 18.0 Å². The smallest absolute Gasteiger partial charge is 0.318 e. The lowest BCUT2D eigenvalue weighted by molar-refractivity contribution is 0.175. The molecule has 9 nitrogen and oxygen atoms in total. The lowest BCUT2D eigenvalue weighted by Gasteiger charge is -2.33. The Balaban J connectivity index is 1.34. The van der Waals surface area contributed by atoms with Crippen LogP contribution in [0.5, 0.6) is 0 Å². The molecule has 170 valence electrons. The minimum absolute atomic E-state index is 0.0137. The summed E-state index contributed by atoms with van der Waals surface area (Å²) >= 11 is 0. The van der Waals surface area contributed by atoms with Crippen molar-refractivity contribution in [3.8, 4) is 11.3 Å². The number of benzene rings is 1. The molecule has 2 fully saturated rings. The highest BCUT2D eigenvalue weighted by molar-refractivity contribution is 5.75. The topological polar surface area (TPSA) is 99.8 Å². The van der Waals surface area contributed by atoms with Crippen molar-refractivity contribution in [3.63, 3.8) is 0 Å². The first-order valence-corrected chi connectivity index (χ1v) is 11.4. The normalized spacial score (nSPS) is 21.5. The number of nitrogen functional groups attached to an aromatic ring is 1. The number of nitrogens with two attached hydrogens (primary N) is 1. The Kier molecular flexibility index (Phi) is 5.84. The number of carbonyl (C=O) groups is 1. The first-order valence-electron chi connectivity index (χ1n) is 11.4. The van der Waals surface area contributed by atoms with Crippen molar-refractivity contribution in [1.29, 1.82) is 0 Å². The molecule has 0 radical (unpaired) electrons. The van der Waals surface area contributed by atoms with E-state index in [0.29, 0.717) is 13.2 Å². The third kappa shape index (κ3) is 4.49. The number of carbonyl (C=O) groups excluding carboxylic acids is 1. The second-order valence-electron chi connectivity index (χ2n) is 8.92. The zero-order chi connectivity index (χ0) is 22.1. The second kappa shape index (κ2) is 8.91. The number of nitrogens with one attached hydrogen (secondary N) is 1. The van der Waals surface area contributed by atoms with Gasteiger partial charge < -0.3 is 30.5 Å². The van der Waals surface area contributed by atoms with Gasteiger partial charge in [-0.05, 0) is 37.1 Å². The number of anilines is 2. The molecular weight excluding hydrogens is 406 g/mol. The van der Waals surface area contributed by atoms with Crippen LogP contribution in [0.2, 0.25) is 0 Å². The Morgan fingerprint density at radius 1 is 1.12 bits per heavy atom. The molecule has 32 heavy (non-hydrogen) atoms. The fourth-order valence-electron chi connectivity index (χ4n) is 4.60. The number of ether oxygens (including phenoxy) is 1. The number of hydrogen-bond acceptors (Lipinski definition) is 7. The summed E-state index contributed by atoms with van der Waals surface area (Å²) in [5, 5.41) is 3.10. The molecule has 1 unspecified atom stereocenters. The highest BCUT2D eigenvalue weighted by Crippen LogP contribution is 2.28. The SMILES string of the molecule is CN1CCN(c2cc(-c3ccc4c(c3)CN(C(=O)NC3CCOC3)CC4)nc(N)n2)CC1. The fraction of sp³-hybridized carbons (Fsp3) is 0.522. The van der Waals surface area contributed by atoms with Crippen LogP contribution in [0.15, 0.2) is 24.3 Å². The van der Waals surface area contributed by atoms with E-state index in [9.17, 15) is 4.79 Å². The van der Waals surface area contributed by atoms with Gasteiger partial charge in [-0.1, -0.05) is 12.1 Å². The van der Waals surface area contributed by atoms with E-state index in [4.69, 9.17) is 10.5 Å². The van der Waals surface area contributed by atoms with Crippen molar-refractivity contribution in [1.82, 2.24) is 25.1 Å². The predicted octanol–water partition coefficient (Wildman–Crippen LogP) is 1.33. The molecule has 5 rings (SSSR count). The van der Waals surface area contributed by atoms with E-state index in [1.54, 1.807) is 0 Å². The van der Waals surface area contributed by atoms with Gasteiger partial charge in [0, 0.05) is 57.5 Å². The molecule has 1 atom stereocenters. The van der Waals surface area contributed by atoms with E-state index >= 15 is 0 Å². The van der Waals surface area contributed by atoms with Crippen molar-refractivity contribution in [2.45, 2.75) is 25.4 Å². The van der Waals surface area contributed by atoms with Gasteiger partial charge >= 0.3 is 6.03 Å². The highest BCUT2D eigenvalue weighted by Gasteiger charge is 2.25. The van der Waals surface area contributed by atoms with Crippen LogP contribution in [0.1, 0.15) is 17.5 Å². The molecular formula is C23H31N7O2. The molecule has 1 aromatic carbocycles. The molecule has 9 heteroatoms. The average molecular weight is 438 g/mol. The molecule has 0 bridgehead atoms. The predicted molar refractivity (Wildman–Crippen MR) is 123 cm³/mol. The van der Waals surface area contributed by atoms with Crippen LogP contribution in [0.25, 0.3) is 11.3 Å². The summed E-state index contributed by atoms with van der Waals surface area (Å²) in [5.41, 5.74) is 10.3. The number of urea groups is 1. The van der Waals surface area contributed by atoms with Crippen molar-refractivity contribution < 1.29 is 9.53 Å². The highest BCUT2D eigenvalue weighted by atomic mass is 16.5. The number of piperazine rings is 1. The Hall–Kier alpha value is -2.91. The Labute approximate surface area is 188 Å². The maximum Gasteiger partial charge on any atom is 0.318 e. The van der Waals surface area contributed by atoms with Crippen LogP contribution in [-0.2, 0) is 17.7 Å². The fourth-order valence-corrected chi connectivity index (χ4v) is 4.60. The first-order chi connectivity index (χ1) is 15.5. The van der Waals surface area contributed by atoms with Crippen LogP contribution >= 0.6 is 0 Å². The zero-order valence-corrected chi connectivity index (χ0v) is 18.6. The minimum Gasteiger partial charge on any atom is -0.379 e. The van der Waals surface area contributed by atoms with Crippen molar-refractivity contribution >= 4 is 17.8 Å². The average Bonchev–Trinajstić information content (AvgIpc) is 3.31. The molecule has 2 amide bonds. The third-order valence-corrected chi connectivity index (χ3v) is 6.62. The van der Waals surface area contributed by atoms with E-state index in [2.05, 4.69) is 50.3 Å². The van der Waals surface area contributed by atoms with E-state index in [1.807, 2.05) is 11.0 Å². The largest absolute Gasteiger partial charge is 0.379 e. The van der Waals surface area contributed by atoms with E-state index in [0.717, 1.165) is 74.8 Å². The molecule has 2 saturated heterocycles.